The lowest BCUT2D eigenvalue weighted by Gasteiger charge is -2.17. The van der Waals surface area contributed by atoms with Crippen molar-refractivity contribution in [1.29, 1.82) is 0 Å². The third-order valence-corrected chi connectivity index (χ3v) is 5.12. The minimum Gasteiger partial charge on any atom is -0.497 e. The van der Waals surface area contributed by atoms with E-state index in [4.69, 9.17) is 32.7 Å². The largest absolute Gasteiger partial charge is 0.497 e. The van der Waals surface area contributed by atoms with Crippen LogP contribution in [0.4, 0.5) is 0 Å². The number of hydrogen-bond acceptors (Lipinski definition) is 2. The lowest BCUT2D eigenvalue weighted by molar-refractivity contribution is 0.415. The van der Waals surface area contributed by atoms with Gasteiger partial charge in [-0.05, 0) is 81.9 Å². The highest BCUT2D eigenvalue weighted by molar-refractivity contribution is 6.40. The molecule has 0 aliphatic rings. The van der Waals surface area contributed by atoms with Crippen LogP contribution in [-0.4, -0.2) is 19.6 Å². The average molecular weight is 427 g/mol. The van der Waals surface area contributed by atoms with E-state index in [1.165, 1.54) is 43.8 Å². The Kier molecular flexibility index (Phi) is 6.89. The summed E-state index contributed by atoms with van der Waals surface area (Å²) in [6.07, 6.45) is 0. The van der Waals surface area contributed by atoms with Gasteiger partial charge in [-0.25, -0.2) is 0 Å². The Morgan fingerprint density at radius 3 is 1.31 bits per heavy atom. The van der Waals surface area contributed by atoms with Gasteiger partial charge < -0.3 is 9.47 Å². The second kappa shape index (κ2) is 9.39. The first kappa shape index (κ1) is 21.3. The minimum atomic E-state index is 0.194. The maximum atomic E-state index is 5.49. The van der Waals surface area contributed by atoms with Gasteiger partial charge in [0.25, 0.3) is 0 Å². The summed E-state index contributed by atoms with van der Waals surface area (Å²) < 4.78 is 11.0. The van der Waals surface area contributed by atoms with E-state index in [1.807, 2.05) is 12.1 Å². The van der Waals surface area contributed by atoms with E-state index in [0.717, 1.165) is 11.5 Å². The molecule has 0 spiro atoms. The molecule has 4 aromatic rings. The summed E-state index contributed by atoms with van der Waals surface area (Å²) in [6.45, 7) is 4.35. The van der Waals surface area contributed by atoms with Gasteiger partial charge in [-0.3, -0.25) is 0 Å². The highest BCUT2D eigenvalue weighted by Gasteiger charge is 2.14. The molecule has 0 amide bonds. The zero-order valence-electron chi connectivity index (χ0n) is 17.1. The first-order chi connectivity index (χ1) is 14.0. The Morgan fingerprint density at radius 2 is 0.966 bits per heavy atom. The van der Waals surface area contributed by atoms with Crippen molar-refractivity contribution >= 4 is 44.7 Å². The monoisotopic (exact) mass is 426 g/mol. The smallest absolute Gasteiger partial charge is 0.119 e. The van der Waals surface area contributed by atoms with E-state index in [9.17, 15) is 0 Å². The van der Waals surface area contributed by atoms with Crippen molar-refractivity contribution in [3.63, 3.8) is 0 Å². The molecule has 150 valence electrons. The van der Waals surface area contributed by atoms with Gasteiger partial charge in [0.15, 0.2) is 0 Å². The number of aryl methyl sites for hydroxylation is 2. The zero-order valence-corrected chi connectivity index (χ0v) is 18.6. The van der Waals surface area contributed by atoms with Crippen molar-refractivity contribution in [1.82, 2.24) is 0 Å². The van der Waals surface area contributed by atoms with Crippen molar-refractivity contribution in [3.05, 3.63) is 71.8 Å². The third-order valence-electron chi connectivity index (χ3n) is 5.12. The molecular weight excluding hydrogens is 403 g/mol. The first-order valence-corrected chi connectivity index (χ1v) is 10.4. The number of rotatable bonds is 3. The van der Waals surface area contributed by atoms with E-state index in [0.29, 0.717) is 0 Å². The van der Waals surface area contributed by atoms with Crippen molar-refractivity contribution in [2.75, 3.05) is 19.6 Å². The van der Waals surface area contributed by atoms with Crippen molar-refractivity contribution < 1.29 is 9.47 Å². The summed E-state index contributed by atoms with van der Waals surface area (Å²) in [4.78, 5) is 0. The quantitative estimate of drug-likeness (QED) is 0.312. The van der Waals surface area contributed by atoms with E-state index in [2.05, 4.69) is 62.4 Å². The van der Waals surface area contributed by atoms with E-state index >= 15 is 0 Å². The highest BCUT2D eigenvalue weighted by atomic mass is 35.5. The fourth-order valence-corrected chi connectivity index (χ4v) is 3.73. The number of methoxy groups -OCH3 is 2. The van der Waals surface area contributed by atoms with Crippen molar-refractivity contribution in [2.45, 2.75) is 13.8 Å². The van der Waals surface area contributed by atoms with Crippen LogP contribution in [-0.2, 0) is 0 Å². The van der Waals surface area contributed by atoms with Gasteiger partial charge in [0.05, 0.1) is 19.6 Å². The second-order valence-electron chi connectivity index (χ2n) is 6.79. The summed E-state index contributed by atoms with van der Waals surface area (Å²) in [6, 6.07) is 21.3. The van der Waals surface area contributed by atoms with Crippen LogP contribution in [0.1, 0.15) is 11.1 Å². The van der Waals surface area contributed by atoms with Crippen molar-refractivity contribution in [3.8, 4) is 22.6 Å². The molecule has 0 saturated carbocycles. The molecule has 0 N–H and O–H groups in total. The minimum absolute atomic E-state index is 0.194. The summed E-state index contributed by atoms with van der Waals surface area (Å²) in [5.74, 6) is 1.75. The van der Waals surface area contributed by atoms with Gasteiger partial charge in [0, 0.05) is 0 Å². The highest BCUT2D eigenvalue weighted by Crippen LogP contribution is 2.40. The maximum absolute atomic E-state index is 5.49. The first-order valence-electron chi connectivity index (χ1n) is 9.31. The number of hydrogen-bond donors (Lipinski definition) is 0. The summed E-state index contributed by atoms with van der Waals surface area (Å²) >= 11 is 9.53. The molecular formula is C25H24Cl2O2. The van der Waals surface area contributed by atoms with Crippen LogP contribution < -0.4 is 9.47 Å². The van der Waals surface area contributed by atoms with Gasteiger partial charge in [-0.15, -0.1) is 23.2 Å². The average Bonchev–Trinajstić information content (AvgIpc) is 2.74. The Hall–Kier alpha value is -2.42. The van der Waals surface area contributed by atoms with Crippen LogP contribution in [0.3, 0.4) is 0 Å². The SMILES string of the molecule is COc1ccc2ccc(C)c(-c3c(C)ccc4ccc(OC)cc34)c2c1.ClCCl. The van der Waals surface area contributed by atoms with Crippen LogP contribution in [0.15, 0.2) is 60.7 Å². The van der Waals surface area contributed by atoms with Crippen molar-refractivity contribution in [2.24, 2.45) is 0 Å². The summed E-state index contributed by atoms with van der Waals surface area (Å²) in [5.41, 5.74) is 5.03. The molecule has 0 heterocycles. The lowest BCUT2D eigenvalue weighted by Crippen LogP contribution is -1.93. The maximum Gasteiger partial charge on any atom is 0.119 e. The second-order valence-corrected chi connectivity index (χ2v) is 7.60. The van der Waals surface area contributed by atoms with Gasteiger partial charge in [-0.2, -0.15) is 0 Å². The molecule has 0 aromatic heterocycles. The van der Waals surface area contributed by atoms with E-state index in [1.54, 1.807) is 14.2 Å². The lowest BCUT2D eigenvalue weighted by atomic mass is 9.88. The molecule has 4 aromatic carbocycles. The number of ether oxygens (including phenoxy) is 2. The van der Waals surface area contributed by atoms with Crippen LogP contribution in [0.5, 0.6) is 11.5 Å². The van der Waals surface area contributed by atoms with Crippen LogP contribution in [0, 0.1) is 13.8 Å². The Bertz CT molecular complexity index is 1060. The molecule has 4 heteroatoms. The van der Waals surface area contributed by atoms with E-state index < -0.39 is 0 Å². The topological polar surface area (TPSA) is 18.5 Å². The Morgan fingerprint density at radius 1 is 0.621 bits per heavy atom. The van der Waals surface area contributed by atoms with Crippen LogP contribution >= 0.6 is 23.2 Å². The molecule has 0 aliphatic heterocycles. The fourth-order valence-electron chi connectivity index (χ4n) is 3.73. The summed E-state index contributed by atoms with van der Waals surface area (Å²) in [5, 5.41) is 5.04. The third kappa shape index (κ3) is 4.29. The normalized spacial score (nSPS) is 10.6. The summed E-state index contributed by atoms with van der Waals surface area (Å²) in [7, 11) is 3.43. The molecule has 29 heavy (non-hydrogen) atoms. The molecule has 0 radical (unpaired) electrons. The fraction of sp³-hybridized carbons (Fsp3) is 0.200. The molecule has 0 unspecified atom stereocenters. The van der Waals surface area contributed by atoms with Crippen LogP contribution in [0.25, 0.3) is 32.7 Å². The van der Waals surface area contributed by atoms with Gasteiger partial charge in [-0.1, -0.05) is 36.4 Å². The van der Waals surface area contributed by atoms with Gasteiger partial charge >= 0.3 is 0 Å². The molecule has 4 rings (SSSR count). The predicted molar refractivity (Wildman–Crippen MR) is 126 cm³/mol. The molecule has 0 bridgehead atoms. The molecule has 0 saturated heterocycles. The zero-order chi connectivity index (χ0) is 21.0. The predicted octanol–water partition coefficient (Wildman–Crippen LogP) is 7.72. The molecule has 0 atom stereocenters. The molecule has 0 fully saturated rings. The van der Waals surface area contributed by atoms with E-state index in [-0.39, 0.29) is 5.34 Å². The Balaban J connectivity index is 0.000000755. The Labute approximate surface area is 182 Å². The van der Waals surface area contributed by atoms with Crippen LogP contribution in [0.2, 0.25) is 0 Å². The number of fused-ring (bicyclic) bond motifs is 2. The molecule has 2 nitrogen and oxygen atoms in total. The molecule has 0 aliphatic carbocycles. The van der Waals surface area contributed by atoms with Gasteiger partial charge in [0.2, 0.25) is 0 Å². The van der Waals surface area contributed by atoms with Gasteiger partial charge in [0.1, 0.15) is 11.5 Å². The number of halogens is 2. The standard InChI is InChI=1S/C24H22O2.CH2Cl2/c1-15-5-7-17-9-11-19(25-3)13-21(17)23(15)24-16(2)6-8-18-10-12-20(26-4)14-22(18)24;2-1-3/h5-14H,1-4H3;1H2. The number of benzene rings is 4. The number of alkyl halides is 2.